The molecular weight excluding hydrogens is 368 g/mol. The Balaban J connectivity index is 1.37. The van der Waals surface area contributed by atoms with Crippen LogP contribution < -0.4 is 0 Å². The lowest BCUT2D eigenvalue weighted by atomic mass is 9.91. The van der Waals surface area contributed by atoms with E-state index >= 15 is 0 Å². The predicted molar refractivity (Wildman–Crippen MR) is 117 cm³/mol. The van der Waals surface area contributed by atoms with Crippen LogP contribution in [0.4, 0.5) is 0 Å². The number of carboxylic acid groups (broad SMARTS) is 1. The lowest BCUT2D eigenvalue weighted by Crippen LogP contribution is -2.39. The van der Waals surface area contributed by atoms with Gasteiger partial charge in [-0.2, -0.15) is 0 Å². The van der Waals surface area contributed by atoms with Crippen LogP contribution in [0, 0.1) is 11.8 Å². The molecule has 3 atom stereocenters. The molecule has 0 saturated carbocycles. The van der Waals surface area contributed by atoms with Crippen molar-refractivity contribution in [3.8, 4) is 0 Å². The van der Waals surface area contributed by atoms with Crippen molar-refractivity contribution >= 4 is 23.9 Å². The Labute approximate surface area is 171 Å². The normalized spacial score (nSPS) is 32.7. The average Bonchev–Trinajstić information content (AvgIpc) is 2.69. The molecule has 1 N–H and O–H groups in total. The first-order valence-electron chi connectivity index (χ1n) is 10.3. The molecule has 0 spiro atoms. The van der Waals surface area contributed by atoms with Gasteiger partial charge in [0.1, 0.15) is 0 Å². The van der Waals surface area contributed by atoms with Gasteiger partial charge in [-0.05, 0) is 61.6 Å². The number of aliphatic carboxylic acids is 1. The van der Waals surface area contributed by atoms with Gasteiger partial charge < -0.3 is 10.0 Å². The molecule has 0 radical (unpaired) electrons. The number of likely N-dealkylation sites (tertiary alicyclic amines) is 1. The molecule has 28 heavy (non-hydrogen) atoms. The van der Waals surface area contributed by atoms with Gasteiger partial charge in [-0.1, -0.05) is 36.5 Å². The first-order chi connectivity index (χ1) is 13.7. The van der Waals surface area contributed by atoms with E-state index in [1.807, 2.05) is 24.2 Å². The lowest BCUT2D eigenvalue weighted by Gasteiger charge is -2.32. The molecule has 2 aliphatic carbocycles. The number of rotatable bonds is 5. The summed E-state index contributed by atoms with van der Waals surface area (Å²) in [6, 6.07) is 0. The van der Waals surface area contributed by atoms with E-state index in [2.05, 4.69) is 46.3 Å². The molecule has 0 bridgehead atoms. The second-order valence-electron chi connectivity index (χ2n) is 7.96. The lowest BCUT2D eigenvalue weighted by molar-refractivity contribution is -0.143. The molecule has 2 aliphatic heterocycles. The van der Waals surface area contributed by atoms with Crippen molar-refractivity contribution in [1.29, 1.82) is 0 Å². The number of allylic oxidation sites excluding steroid dienone is 7. The molecule has 4 nitrogen and oxygen atoms in total. The summed E-state index contributed by atoms with van der Waals surface area (Å²) in [6.45, 7) is 2.75. The van der Waals surface area contributed by atoms with E-state index in [4.69, 9.17) is 0 Å². The second-order valence-corrected chi connectivity index (χ2v) is 9.15. The Bertz CT molecular complexity index is 790. The number of hydrogen-bond donors (Lipinski definition) is 1. The topological polar surface area (TPSA) is 52.9 Å². The summed E-state index contributed by atoms with van der Waals surface area (Å²) in [6.07, 6.45) is 22.3. The molecule has 4 rings (SSSR count). The van der Waals surface area contributed by atoms with Crippen LogP contribution in [0.1, 0.15) is 32.1 Å². The van der Waals surface area contributed by atoms with Crippen LogP contribution in [-0.2, 0) is 4.79 Å². The molecule has 2 unspecified atom stereocenters. The van der Waals surface area contributed by atoms with Crippen LogP contribution in [-0.4, -0.2) is 47.1 Å². The van der Waals surface area contributed by atoms with Gasteiger partial charge >= 0.3 is 5.97 Å². The number of carbonyl (C=O) groups is 1. The molecule has 0 aromatic carbocycles. The second kappa shape index (κ2) is 9.10. The SMILES string of the molecule is O=C(O)C1CCCN(CCCC2CC=CC3=C2S[C@@H]2C=CC=C/C2=C/N=C\3)C1. The summed E-state index contributed by atoms with van der Waals surface area (Å²) in [5.41, 5.74) is 2.51. The van der Waals surface area contributed by atoms with Gasteiger partial charge in [-0.3, -0.25) is 9.79 Å². The van der Waals surface area contributed by atoms with Crippen LogP contribution in [0.15, 0.2) is 63.7 Å². The summed E-state index contributed by atoms with van der Waals surface area (Å²) >= 11 is 1.97. The van der Waals surface area contributed by atoms with Crippen molar-refractivity contribution in [3.63, 3.8) is 0 Å². The highest BCUT2D eigenvalue weighted by Gasteiger charge is 2.27. The van der Waals surface area contributed by atoms with Crippen molar-refractivity contribution in [2.24, 2.45) is 16.8 Å². The van der Waals surface area contributed by atoms with Crippen molar-refractivity contribution in [1.82, 2.24) is 4.90 Å². The molecule has 0 amide bonds. The van der Waals surface area contributed by atoms with Crippen molar-refractivity contribution in [2.75, 3.05) is 19.6 Å². The fraction of sp³-hybridized carbons (Fsp3) is 0.478. The third-order valence-electron chi connectivity index (χ3n) is 5.96. The van der Waals surface area contributed by atoms with Crippen LogP contribution >= 0.6 is 11.8 Å². The number of hydrogen-bond acceptors (Lipinski definition) is 4. The Morgan fingerprint density at radius 3 is 3.14 bits per heavy atom. The average molecular weight is 397 g/mol. The molecule has 4 aliphatic rings. The zero-order valence-electron chi connectivity index (χ0n) is 16.2. The minimum Gasteiger partial charge on any atom is -0.481 e. The van der Waals surface area contributed by atoms with E-state index in [9.17, 15) is 9.90 Å². The van der Waals surface area contributed by atoms with Gasteiger partial charge in [0.2, 0.25) is 0 Å². The van der Waals surface area contributed by atoms with Crippen LogP contribution in [0.2, 0.25) is 0 Å². The maximum atomic E-state index is 11.3. The Kier molecular flexibility index (Phi) is 6.33. The highest BCUT2D eigenvalue weighted by Crippen LogP contribution is 2.42. The monoisotopic (exact) mass is 396 g/mol. The van der Waals surface area contributed by atoms with Gasteiger partial charge in [0, 0.05) is 24.5 Å². The summed E-state index contributed by atoms with van der Waals surface area (Å²) in [7, 11) is 0. The number of aliphatic imine (C=N–C) groups is 1. The predicted octanol–water partition coefficient (Wildman–Crippen LogP) is 4.59. The first kappa shape index (κ1) is 19.5. The summed E-state index contributed by atoms with van der Waals surface area (Å²) in [5.74, 6) is -0.287. The fourth-order valence-electron chi connectivity index (χ4n) is 4.43. The standard InChI is InChI=1S/C23H28N2O2S/c26-23(27)20-10-5-13-25(16-20)12-4-9-17-7-3-8-19-15-24-14-18-6-1-2-11-21(18)28-22(17)19/h1-3,6,8,11,14-15,17,20-21H,4-5,7,9-10,12-13,16H2,(H,26,27)/b18-14-,24-15-/t17?,20?,21-/m1/s1. The Morgan fingerprint density at radius 1 is 1.32 bits per heavy atom. The van der Waals surface area contributed by atoms with Crippen molar-refractivity contribution < 1.29 is 9.90 Å². The molecule has 0 aromatic heterocycles. The summed E-state index contributed by atoms with van der Waals surface area (Å²) < 4.78 is 0. The molecule has 148 valence electrons. The maximum absolute atomic E-state index is 11.3. The van der Waals surface area contributed by atoms with Crippen molar-refractivity contribution in [3.05, 3.63) is 58.7 Å². The van der Waals surface area contributed by atoms with E-state index in [-0.39, 0.29) is 5.92 Å². The van der Waals surface area contributed by atoms with Gasteiger partial charge in [0.25, 0.3) is 0 Å². The van der Waals surface area contributed by atoms with Crippen molar-refractivity contribution in [2.45, 2.75) is 37.4 Å². The number of nitrogens with zero attached hydrogens (tertiary/aromatic N) is 2. The largest absolute Gasteiger partial charge is 0.481 e. The zero-order valence-corrected chi connectivity index (χ0v) is 17.0. The molecular formula is C23H28N2O2S. The minimum atomic E-state index is -0.638. The van der Waals surface area contributed by atoms with E-state index in [1.54, 1.807) is 0 Å². The van der Waals surface area contributed by atoms with Crippen LogP contribution in [0.5, 0.6) is 0 Å². The Hall–Kier alpha value is -1.85. The number of fused-ring (bicyclic) bond motifs is 1. The highest BCUT2D eigenvalue weighted by molar-refractivity contribution is 8.04. The first-order valence-corrected chi connectivity index (χ1v) is 11.2. The minimum absolute atomic E-state index is 0.186. The maximum Gasteiger partial charge on any atom is 0.307 e. The van der Waals surface area contributed by atoms with E-state index in [0.717, 1.165) is 45.2 Å². The fourth-order valence-corrected chi connectivity index (χ4v) is 5.81. The molecule has 1 fully saturated rings. The van der Waals surface area contributed by atoms with Gasteiger partial charge in [0.05, 0.1) is 11.2 Å². The number of thioether (sulfide) groups is 1. The van der Waals surface area contributed by atoms with Gasteiger partial charge in [-0.25, -0.2) is 0 Å². The van der Waals surface area contributed by atoms with E-state index < -0.39 is 5.97 Å². The molecule has 5 heteroatoms. The molecule has 0 aromatic rings. The van der Waals surface area contributed by atoms with Gasteiger partial charge in [0.15, 0.2) is 0 Å². The van der Waals surface area contributed by atoms with Gasteiger partial charge in [-0.15, -0.1) is 11.8 Å². The Morgan fingerprint density at radius 2 is 2.25 bits per heavy atom. The number of carboxylic acids is 1. The highest BCUT2D eigenvalue weighted by atomic mass is 32.2. The third-order valence-corrected chi connectivity index (χ3v) is 7.47. The van der Waals surface area contributed by atoms with E-state index in [0.29, 0.717) is 17.7 Å². The summed E-state index contributed by atoms with van der Waals surface area (Å²) in [5, 5.41) is 9.64. The summed E-state index contributed by atoms with van der Waals surface area (Å²) in [4.78, 5) is 19.6. The zero-order chi connectivity index (χ0) is 19.3. The van der Waals surface area contributed by atoms with Crippen LogP contribution in [0.3, 0.4) is 0 Å². The number of piperidine rings is 1. The quantitative estimate of drug-likeness (QED) is 0.738. The molecule has 2 heterocycles. The van der Waals surface area contributed by atoms with Crippen LogP contribution in [0.25, 0.3) is 0 Å². The smallest absolute Gasteiger partial charge is 0.307 e. The molecule has 1 saturated heterocycles. The van der Waals surface area contributed by atoms with E-state index in [1.165, 1.54) is 16.1 Å². The third kappa shape index (κ3) is 4.58.